The highest BCUT2D eigenvalue weighted by atomic mass is 32.2. The van der Waals surface area contributed by atoms with Crippen LogP contribution in [0.4, 0.5) is 11.8 Å². The number of anilines is 2. The Morgan fingerprint density at radius 2 is 1.58 bits per heavy atom. The van der Waals surface area contributed by atoms with Crippen molar-refractivity contribution in [3.8, 4) is 0 Å². The Bertz CT molecular complexity index is 740. The van der Waals surface area contributed by atoms with Crippen LogP contribution in [0.2, 0.25) is 0 Å². The fraction of sp³-hybridized carbons (Fsp3) is 0.667. The van der Waals surface area contributed by atoms with E-state index in [1.54, 1.807) is 18.1 Å². The zero-order valence-corrected chi connectivity index (χ0v) is 16.3. The van der Waals surface area contributed by atoms with Crippen LogP contribution in [0.1, 0.15) is 32.1 Å². The predicted octanol–water partition coefficient (Wildman–Crippen LogP) is 2.32. The lowest BCUT2D eigenvalue weighted by atomic mass is 10.1. The largest absolute Gasteiger partial charge is 0.355 e. The van der Waals surface area contributed by atoms with E-state index in [1.165, 1.54) is 32.1 Å². The Hall–Kier alpha value is -1.67. The third-order valence-electron chi connectivity index (χ3n) is 5.17. The Morgan fingerprint density at radius 3 is 2.31 bits per heavy atom. The van der Waals surface area contributed by atoms with Gasteiger partial charge in [-0.2, -0.15) is 4.98 Å². The minimum absolute atomic E-state index is 0.821. The summed E-state index contributed by atoms with van der Waals surface area (Å²) in [6.45, 7) is 5.92. The zero-order valence-electron chi connectivity index (χ0n) is 15.4. The average Bonchev–Trinajstić information content (AvgIpc) is 2.67. The number of rotatable bonds is 3. The molecule has 4 rings (SSSR count). The molecule has 0 aromatic carbocycles. The number of nitrogens with one attached hydrogen (secondary N) is 1. The van der Waals surface area contributed by atoms with Crippen molar-refractivity contribution in [2.24, 2.45) is 0 Å². The molecule has 2 saturated heterocycles. The van der Waals surface area contributed by atoms with Gasteiger partial charge in [-0.05, 0) is 19.1 Å². The van der Waals surface area contributed by atoms with Crippen LogP contribution < -0.4 is 15.1 Å². The van der Waals surface area contributed by atoms with Crippen LogP contribution in [0, 0.1) is 0 Å². The lowest BCUT2D eigenvalue weighted by Crippen LogP contribution is -2.44. The number of hydrogen-bond acceptors (Lipinski definition) is 8. The molecule has 8 heteroatoms. The van der Waals surface area contributed by atoms with Crippen molar-refractivity contribution in [1.29, 1.82) is 0 Å². The third kappa shape index (κ3) is 3.71. The van der Waals surface area contributed by atoms with Crippen LogP contribution in [0.25, 0.3) is 11.0 Å². The SMILES string of the molecule is CSc1ncnc2c(N3CCCCCCC3)nc(N3CCNCC3)nc12. The van der Waals surface area contributed by atoms with E-state index in [9.17, 15) is 0 Å². The number of fused-ring (bicyclic) bond motifs is 1. The van der Waals surface area contributed by atoms with Gasteiger partial charge in [0.05, 0.1) is 0 Å². The van der Waals surface area contributed by atoms with Crippen LogP contribution in [-0.2, 0) is 0 Å². The van der Waals surface area contributed by atoms with E-state index in [0.29, 0.717) is 0 Å². The van der Waals surface area contributed by atoms with Crippen LogP contribution in [0.3, 0.4) is 0 Å². The van der Waals surface area contributed by atoms with E-state index in [2.05, 4.69) is 25.1 Å². The Kier molecular flexibility index (Phi) is 5.69. The summed E-state index contributed by atoms with van der Waals surface area (Å²) in [5, 5.41) is 4.33. The van der Waals surface area contributed by atoms with Crippen LogP contribution in [0.5, 0.6) is 0 Å². The van der Waals surface area contributed by atoms with E-state index in [4.69, 9.17) is 9.97 Å². The smallest absolute Gasteiger partial charge is 0.228 e. The molecule has 1 N–H and O–H groups in total. The number of nitrogens with zero attached hydrogens (tertiary/aromatic N) is 6. The van der Waals surface area contributed by atoms with Gasteiger partial charge in [0, 0.05) is 39.3 Å². The predicted molar refractivity (Wildman–Crippen MR) is 107 cm³/mol. The van der Waals surface area contributed by atoms with E-state index < -0.39 is 0 Å². The maximum atomic E-state index is 5.01. The van der Waals surface area contributed by atoms with Crippen molar-refractivity contribution >= 4 is 34.6 Å². The van der Waals surface area contributed by atoms with Gasteiger partial charge in [-0.3, -0.25) is 0 Å². The van der Waals surface area contributed by atoms with Gasteiger partial charge in [0.2, 0.25) is 5.95 Å². The van der Waals surface area contributed by atoms with Crippen LogP contribution >= 0.6 is 11.8 Å². The lowest BCUT2D eigenvalue weighted by molar-refractivity contribution is 0.552. The summed E-state index contributed by atoms with van der Waals surface area (Å²) in [6, 6.07) is 0. The Balaban J connectivity index is 1.80. The molecule has 0 aliphatic carbocycles. The highest BCUT2D eigenvalue weighted by Crippen LogP contribution is 2.30. The van der Waals surface area contributed by atoms with Crippen molar-refractivity contribution in [3.63, 3.8) is 0 Å². The van der Waals surface area contributed by atoms with Crippen molar-refractivity contribution < 1.29 is 0 Å². The fourth-order valence-electron chi connectivity index (χ4n) is 3.74. The molecular weight excluding hydrogens is 346 g/mol. The summed E-state index contributed by atoms with van der Waals surface area (Å²) in [7, 11) is 0. The topological polar surface area (TPSA) is 70.1 Å². The average molecular weight is 374 g/mol. The maximum absolute atomic E-state index is 5.01. The first kappa shape index (κ1) is 17.7. The van der Waals surface area contributed by atoms with Crippen molar-refractivity contribution in [1.82, 2.24) is 25.3 Å². The molecular formula is C18H27N7S. The van der Waals surface area contributed by atoms with Crippen molar-refractivity contribution in [3.05, 3.63) is 6.33 Å². The fourth-order valence-corrected chi connectivity index (χ4v) is 4.22. The molecule has 4 heterocycles. The normalized spacial score (nSPS) is 19.4. The highest BCUT2D eigenvalue weighted by molar-refractivity contribution is 7.98. The second-order valence-electron chi connectivity index (χ2n) is 6.92. The third-order valence-corrected chi connectivity index (χ3v) is 5.85. The van der Waals surface area contributed by atoms with Gasteiger partial charge in [-0.1, -0.05) is 19.3 Å². The van der Waals surface area contributed by atoms with Crippen LogP contribution in [-0.4, -0.2) is 65.5 Å². The van der Waals surface area contributed by atoms with Crippen LogP contribution in [0.15, 0.2) is 11.4 Å². The molecule has 0 radical (unpaired) electrons. The first-order chi connectivity index (χ1) is 12.9. The molecule has 0 unspecified atom stereocenters. The Morgan fingerprint density at radius 1 is 0.846 bits per heavy atom. The standard InChI is InChI=1S/C18H27N7S/c1-26-17-15-14(20-13-21-17)16(24-9-5-3-2-4-6-10-24)23-18(22-15)25-11-7-19-8-12-25/h13,19H,2-12H2,1H3. The molecule has 0 amide bonds. The summed E-state index contributed by atoms with van der Waals surface area (Å²) < 4.78 is 0. The molecule has 2 aliphatic heterocycles. The van der Waals surface area contributed by atoms with E-state index in [0.717, 1.165) is 67.1 Å². The van der Waals surface area contributed by atoms with Gasteiger partial charge in [-0.25, -0.2) is 15.0 Å². The Labute approximate surface area is 159 Å². The molecule has 26 heavy (non-hydrogen) atoms. The van der Waals surface area contributed by atoms with Crippen molar-refractivity contribution in [2.45, 2.75) is 37.1 Å². The van der Waals surface area contributed by atoms with Gasteiger partial charge in [0.25, 0.3) is 0 Å². The molecule has 0 atom stereocenters. The maximum Gasteiger partial charge on any atom is 0.228 e. The van der Waals surface area contributed by atoms with Gasteiger partial charge >= 0.3 is 0 Å². The lowest BCUT2D eigenvalue weighted by Gasteiger charge is -2.30. The van der Waals surface area contributed by atoms with E-state index in [-0.39, 0.29) is 0 Å². The molecule has 2 aromatic rings. The molecule has 2 aromatic heterocycles. The summed E-state index contributed by atoms with van der Waals surface area (Å²) >= 11 is 1.63. The summed E-state index contributed by atoms with van der Waals surface area (Å²) in [6.07, 6.45) is 10.1. The number of thioether (sulfide) groups is 1. The summed E-state index contributed by atoms with van der Waals surface area (Å²) in [4.78, 5) is 23.6. The molecule has 7 nitrogen and oxygen atoms in total. The highest BCUT2D eigenvalue weighted by Gasteiger charge is 2.22. The second-order valence-corrected chi connectivity index (χ2v) is 7.71. The second kappa shape index (κ2) is 8.35. The van der Waals surface area contributed by atoms with Gasteiger partial charge in [-0.15, -0.1) is 11.8 Å². The quantitative estimate of drug-likeness (QED) is 0.649. The summed E-state index contributed by atoms with van der Waals surface area (Å²) in [5.74, 6) is 1.81. The monoisotopic (exact) mass is 373 g/mol. The minimum atomic E-state index is 0.821. The first-order valence-electron chi connectivity index (χ1n) is 9.64. The van der Waals surface area contributed by atoms with Gasteiger partial charge < -0.3 is 15.1 Å². The molecule has 2 aliphatic rings. The molecule has 0 saturated carbocycles. The van der Waals surface area contributed by atoms with Crippen molar-refractivity contribution in [2.75, 3.05) is 55.3 Å². The molecule has 0 bridgehead atoms. The van der Waals surface area contributed by atoms with Gasteiger partial charge in [0.1, 0.15) is 22.4 Å². The van der Waals surface area contributed by atoms with Gasteiger partial charge in [0.15, 0.2) is 5.82 Å². The summed E-state index contributed by atoms with van der Waals surface area (Å²) in [5.41, 5.74) is 1.78. The first-order valence-corrected chi connectivity index (χ1v) is 10.9. The van der Waals surface area contributed by atoms with E-state index in [1.807, 2.05) is 6.26 Å². The molecule has 0 spiro atoms. The number of hydrogen-bond donors (Lipinski definition) is 1. The minimum Gasteiger partial charge on any atom is -0.355 e. The number of aromatic nitrogens is 4. The zero-order chi connectivity index (χ0) is 17.8. The number of piperazine rings is 1. The molecule has 140 valence electrons. The molecule has 2 fully saturated rings. The van der Waals surface area contributed by atoms with E-state index >= 15 is 0 Å².